The Bertz CT molecular complexity index is 1230. The summed E-state index contributed by atoms with van der Waals surface area (Å²) in [6, 6.07) is 7.41. The third kappa shape index (κ3) is 7.29. The molecule has 180 valence electrons. The van der Waals surface area contributed by atoms with Gasteiger partial charge >= 0.3 is 27.3 Å². The molecule has 0 spiro atoms. The van der Waals surface area contributed by atoms with E-state index >= 15 is 0 Å². The molecular weight excluding hydrogens is 577 g/mol. The van der Waals surface area contributed by atoms with Gasteiger partial charge in [0, 0.05) is 49.6 Å². The molecule has 0 bridgehead atoms. The molecule has 0 amide bonds. The standard InChI is InChI=1S/2C11H7N6.Cd.2H2O/c2*1-2-8(6-12-3-1)10-15-11(17-16-10)9-7-13-4-5-14-9;;;/h2*1-7H;;2*1H2/q2*-1;+2;;/p+2. The van der Waals surface area contributed by atoms with Gasteiger partial charge in [-0.05, 0) is 34.9 Å². The first-order valence-corrected chi connectivity index (χ1v) is 9.95. The second-order valence-electron chi connectivity index (χ2n) is 6.58. The first kappa shape index (κ1) is 28.8. The van der Waals surface area contributed by atoms with Crippen molar-refractivity contribution < 1.29 is 38.3 Å². The van der Waals surface area contributed by atoms with Crippen molar-refractivity contribution in [3.63, 3.8) is 0 Å². The molecule has 0 aliphatic heterocycles. The molecule has 6 N–H and O–H groups in total. The van der Waals surface area contributed by atoms with E-state index in [1.165, 1.54) is 0 Å². The molecule has 6 rings (SSSR count). The zero-order chi connectivity index (χ0) is 23.0. The predicted molar refractivity (Wildman–Crippen MR) is 129 cm³/mol. The van der Waals surface area contributed by atoms with E-state index in [0.717, 1.165) is 11.1 Å². The number of rotatable bonds is 4. The zero-order valence-electron chi connectivity index (χ0n) is 19.3. The summed E-state index contributed by atoms with van der Waals surface area (Å²) in [6.07, 6.45) is 16.4. The summed E-state index contributed by atoms with van der Waals surface area (Å²) in [5.74, 6) is 2.02. The van der Waals surface area contributed by atoms with E-state index in [4.69, 9.17) is 0 Å². The van der Waals surface area contributed by atoms with Gasteiger partial charge in [0.05, 0.1) is 24.0 Å². The van der Waals surface area contributed by atoms with Crippen molar-refractivity contribution in [2.45, 2.75) is 0 Å². The number of nitrogens with zero attached hydrogens (tertiary/aromatic N) is 12. The third-order valence-electron chi connectivity index (χ3n) is 4.33. The molecule has 6 heterocycles. The first-order chi connectivity index (χ1) is 16.9. The summed E-state index contributed by atoms with van der Waals surface area (Å²) >= 11 is 0. The smallest absolute Gasteiger partial charge is 0.457 e. The van der Waals surface area contributed by atoms with Crippen LogP contribution < -0.4 is 10.2 Å². The monoisotopic (exact) mass is 598 g/mol. The van der Waals surface area contributed by atoms with E-state index < -0.39 is 0 Å². The van der Waals surface area contributed by atoms with Crippen LogP contribution in [0.4, 0.5) is 0 Å². The molecule has 0 aromatic carbocycles. The Morgan fingerprint density at radius 3 is 1.30 bits per heavy atom. The average molecular weight is 597 g/mol. The van der Waals surface area contributed by atoms with Gasteiger partial charge in [0.1, 0.15) is 11.4 Å². The summed E-state index contributed by atoms with van der Waals surface area (Å²) in [7, 11) is 0. The van der Waals surface area contributed by atoms with Crippen molar-refractivity contribution in [1.82, 2.24) is 60.3 Å². The fourth-order valence-electron chi connectivity index (χ4n) is 2.76. The second-order valence-corrected chi connectivity index (χ2v) is 6.58. The van der Waals surface area contributed by atoms with Crippen LogP contribution in [-0.4, -0.2) is 50.1 Å². The summed E-state index contributed by atoms with van der Waals surface area (Å²) in [5.41, 5.74) is 2.87. The largest absolute Gasteiger partial charge is 2.00 e. The van der Waals surface area contributed by atoms with Gasteiger partial charge < -0.3 is 31.1 Å². The fourth-order valence-corrected chi connectivity index (χ4v) is 2.76. The van der Waals surface area contributed by atoms with E-state index in [-0.39, 0.29) is 38.3 Å². The van der Waals surface area contributed by atoms with Gasteiger partial charge in [-0.25, -0.2) is 0 Å². The van der Waals surface area contributed by atoms with Gasteiger partial charge in [0.25, 0.3) is 0 Å². The minimum atomic E-state index is 0. The molecule has 37 heavy (non-hydrogen) atoms. The molecular formula is C22H20CdN12O2+2. The van der Waals surface area contributed by atoms with Gasteiger partial charge in [0.15, 0.2) is 0 Å². The maximum atomic E-state index is 4.29. The van der Waals surface area contributed by atoms with Crippen LogP contribution in [-0.2, 0) is 38.3 Å². The van der Waals surface area contributed by atoms with Crippen LogP contribution in [0.2, 0.25) is 0 Å². The van der Waals surface area contributed by atoms with Crippen LogP contribution in [0, 0.1) is 0 Å². The first-order valence-electron chi connectivity index (χ1n) is 9.95. The fraction of sp³-hybridized carbons (Fsp3) is 0. The quantitative estimate of drug-likeness (QED) is 0.194. The van der Waals surface area contributed by atoms with Crippen molar-refractivity contribution in [1.29, 1.82) is 0 Å². The molecule has 6 aromatic heterocycles. The molecule has 14 nitrogen and oxygen atoms in total. The van der Waals surface area contributed by atoms with Crippen molar-refractivity contribution >= 4 is 0 Å². The number of pyridine rings is 2. The van der Waals surface area contributed by atoms with Crippen LogP contribution in [0.3, 0.4) is 0 Å². The number of aromatic nitrogens is 12. The van der Waals surface area contributed by atoms with Crippen LogP contribution in [0.1, 0.15) is 0 Å². The SMILES string of the molecule is [Cd+2].[OH3+].[OH3+].c1cncc(-c2nc(-c3cnccn3)n[n-]2)c1.c1cncc(-c2nc(-c3cnccn3)n[n-]2)c1. The summed E-state index contributed by atoms with van der Waals surface area (Å²) in [6.45, 7) is 0. The van der Waals surface area contributed by atoms with Crippen molar-refractivity contribution in [3.05, 3.63) is 86.2 Å². The Morgan fingerprint density at radius 1 is 0.514 bits per heavy atom. The van der Waals surface area contributed by atoms with E-state index in [9.17, 15) is 0 Å². The van der Waals surface area contributed by atoms with Gasteiger partial charge in [-0.15, -0.1) is 0 Å². The Labute approximate surface area is 230 Å². The molecule has 0 aliphatic rings. The molecule has 0 saturated carbocycles. The van der Waals surface area contributed by atoms with Crippen LogP contribution in [0.25, 0.3) is 45.8 Å². The normalized spacial score (nSPS) is 9.51. The van der Waals surface area contributed by atoms with Crippen molar-refractivity contribution in [2.24, 2.45) is 0 Å². The topological polar surface area (TPSA) is 223 Å². The van der Waals surface area contributed by atoms with Gasteiger partial charge in [0.2, 0.25) is 0 Å². The summed E-state index contributed by atoms with van der Waals surface area (Å²) < 4.78 is 0. The van der Waals surface area contributed by atoms with E-state index in [0.29, 0.717) is 34.7 Å². The molecule has 0 saturated heterocycles. The second kappa shape index (κ2) is 14.2. The minimum Gasteiger partial charge on any atom is -0.457 e. The molecule has 6 aromatic rings. The zero-order valence-corrected chi connectivity index (χ0v) is 23.3. The molecule has 0 radical (unpaired) electrons. The molecule has 0 aliphatic carbocycles. The van der Waals surface area contributed by atoms with E-state index in [2.05, 4.69) is 60.3 Å². The Kier molecular flexibility index (Phi) is 11.1. The predicted octanol–water partition coefficient (Wildman–Crippen LogP) is 0.0593. The molecule has 0 fully saturated rings. The van der Waals surface area contributed by atoms with Crippen molar-refractivity contribution in [3.8, 4) is 45.8 Å². The van der Waals surface area contributed by atoms with Gasteiger partial charge in [-0.2, -0.15) is 0 Å². The minimum absolute atomic E-state index is 0. The van der Waals surface area contributed by atoms with E-state index in [1.807, 2.05) is 24.3 Å². The molecule has 0 unspecified atom stereocenters. The average Bonchev–Trinajstić information content (AvgIpc) is 3.62. The molecule has 15 heteroatoms. The maximum Gasteiger partial charge on any atom is 2.00 e. The number of hydrogen-bond donors (Lipinski definition) is 0. The van der Waals surface area contributed by atoms with E-state index in [1.54, 1.807) is 62.0 Å². The summed E-state index contributed by atoms with van der Waals surface area (Å²) in [4.78, 5) is 32.7. The van der Waals surface area contributed by atoms with Crippen LogP contribution >= 0.6 is 0 Å². The Hall–Kier alpha value is -4.42. The third-order valence-corrected chi connectivity index (χ3v) is 4.33. The van der Waals surface area contributed by atoms with Crippen LogP contribution in [0.15, 0.2) is 86.2 Å². The number of hydrogen-bond acceptors (Lipinski definition) is 10. The molecule has 0 atom stereocenters. The van der Waals surface area contributed by atoms with Crippen LogP contribution in [0.5, 0.6) is 0 Å². The Morgan fingerprint density at radius 2 is 0.946 bits per heavy atom. The summed E-state index contributed by atoms with van der Waals surface area (Å²) in [5, 5.41) is 15.9. The maximum absolute atomic E-state index is 4.29. The Balaban J connectivity index is 0.000000241. The van der Waals surface area contributed by atoms with Gasteiger partial charge in [-0.3, -0.25) is 40.1 Å². The van der Waals surface area contributed by atoms with Crippen molar-refractivity contribution in [2.75, 3.05) is 0 Å². The van der Waals surface area contributed by atoms with Gasteiger partial charge in [-0.1, -0.05) is 12.1 Å².